The number of hydrogen-bond donors (Lipinski definition) is 1. The van der Waals surface area contributed by atoms with E-state index in [0.717, 1.165) is 32.6 Å². The van der Waals surface area contributed by atoms with Gasteiger partial charge in [0.1, 0.15) is 0 Å². The lowest BCUT2D eigenvalue weighted by molar-refractivity contribution is 0.276. The first-order chi connectivity index (χ1) is 12.3. The predicted molar refractivity (Wildman–Crippen MR) is 102 cm³/mol. The molecule has 0 aliphatic heterocycles. The molecule has 0 unspecified atom stereocenters. The lowest BCUT2D eigenvalue weighted by Crippen LogP contribution is -2.30. The Bertz CT molecular complexity index is 737. The minimum atomic E-state index is 0.674. The maximum absolute atomic E-state index is 5.80. The van der Waals surface area contributed by atoms with Crippen LogP contribution in [-0.2, 0) is 19.5 Å². The molecule has 0 saturated carbocycles. The zero-order chi connectivity index (χ0) is 17.3. The van der Waals surface area contributed by atoms with Gasteiger partial charge in [0.15, 0.2) is 0 Å². The molecule has 2 aromatic carbocycles. The largest absolute Gasteiger partial charge is 0.329 e. The Balaban J connectivity index is 1.56. The van der Waals surface area contributed by atoms with E-state index in [9.17, 15) is 0 Å². The highest BCUT2D eigenvalue weighted by molar-refractivity contribution is 5.16. The van der Waals surface area contributed by atoms with Crippen molar-refractivity contribution in [1.29, 1.82) is 0 Å². The van der Waals surface area contributed by atoms with Gasteiger partial charge in [0.2, 0.25) is 0 Å². The molecule has 0 spiro atoms. The fourth-order valence-corrected chi connectivity index (χ4v) is 2.99. The van der Waals surface area contributed by atoms with Crippen LogP contribution in [0.3, 0.4) is 0 Å². The highest BCUT2D eigenvalue weighted by Gasteiger charge is 2.08. The SMILES string of the molecule is NCCN(CCc1ccccc1)Cc1cnn(Cc2ccccc2)c1. The van der Waals surface area contributed by atoms with Crippen molar-refractivity contribution < 1.29 is 0 Å². The quantitative estimate of drug-likeness (QED) is 0.654. The number of rotatable bonds is 9. The van der Waals surface area contributed by atoms with Crippen molar-refractivity contribution in [2.45, 2.75) is 19.5 Å². The van der Waals surface area contributed by atoms with Gasteiger partial charge in [-0.2, -0.15) is 5.10 Å². The molecule has 1 heterocycles. The predicted octanol–water partition coefficient (Wildman–Crippen LogP) is 2.93. The molecule has 0 aliphatic carbocycles. The fraction of sp³-hybridized carbons (Fsp3) is 0.286. The molecule has 2 N–H and O–H groups in total. The lowest BCUT2D eigenvalue weighted by atomic mass is 10.1. The van der Waals surface area contributed by atoms with E-state index in [1.54, 1.807) is 0 Å². The molecule has 0 saturated heterocycles. The van der Waals surface area contributed by atoms with Crippen molar-refractivity contribution in [2.75, 3.05) is 19.6 Å². The summed E-state index contributed by atoms with van der Waals surface area (Å²) in [4.78, 5) is 2.40. The van der Waals surface area contributed by atoms with Crippen LogP contribution in [0.4, 0.5) is 0 Å². The highest BCUT2D eigenvalue weighted by Crippen LogP contribution is 2.08. The molecule has 3 rings (SSSR count). The van der Waals surface area contributed by atoms with Crippen LogP contribution in [-0.4, -0.2) is 34.3 Å². The first-order valence-corrected chi connectivity index (χ1v) is 8.85. The molecule has 4 heteroatoms. The first kappa shape index (κ1) is 17.4. The van der Waals surface area contributed by atoms with E-state index >= 15 is 0 Å². The second-order valence-electron chi connectivity index (χ2n) is 6.33. The zero-order valence-corrected chi connectivity index (χ0v) is 14.6. The molecular formula is C21H26N4. The molecule has 0 amide bonds. The van der Waals surface area contributed by atoms with E-state index in [0.29, 0.717) is 6.54 Å². The molecule has 25 heavy (non-hydrogen) atoms. The van der Waals surface area contributed by atoms with Crippen LogP contribution in [0.2, 0.25) is 0 Å². The van der Waals surface area contributed by atoms with Gasteiger partial charge in [-0.3, -0.25) is 9.58 Å². The molecule has 0 fully saturated rings. The maximum Gasteiger partial charge on any atom is 0.0659 e. The van der Waals surface area contributed by atoms with E-state index in [4.69, 9.17) is 5.73 Å². The van der Waals surface area contributed by atoms with Crippen LogP contribution in [0.25, 0.3) is 0 Å². The Labute approximate surface area is 149 Å². The van der Waals surface area contributed by atoms with E-state index in [2.05, 4.69) is 70.8 Å². The summed E-state index contributed by atoms with van der Waals surface area (Å²) in [5.74, 6) is 0. The van der Waals surface area contributed by atoms with Gasteiger partial charge in [-0.1, -0.05) is 60.7 Å². The summed E-state index contributed by atoms with van der Waals surface area (Å²) in [7, 11) is 0. The van der Waals surface area contributed by atoms with E-state index in [1.165, 1.54) is 16.7 Å². The van der Waals surface area contributed by atoms with E-state index < -0.39 is 0 Å². The molecule has 4 nitrogen and oxygen atoms in total. The average molecular weight is 334 g/mol. The van der Waals surface area contributed by atoms with Gasteiger partial charge < -0.3 is 5.73 Å². The summed E-state index contributed by atoms with van der Waals surface area (Å²) < 4.78 is 2.00. The Morgan fingerprint density at radius 2 is 1.52 bits per heavy atom. The van der Waals surface area contributed by atoms with Gasteiger partial charge in [0.05, 0.1) is 12.7 Å². The lowest BCUT2D eigenvalue weighted by Gasteiger charge is -2.20. The van der Waals surface area contributed by atoms with Crippen molar-refractivity contribution in [3.8, 4) is 0 Å². The number of nitrogens with two attached hydrogens (primary N) is 1. The van der Waals surface area contributed by atoms with Crippen LogP contribution in [0.15, 0.2) is 73.1 Å². The second-order valence-corrected chi connectivity index (χ2v) is 6.33. The minimum Gasteiger partial charge on any atom is -0.329 e. The summed E-state index contributed by atoms with van der Waals surface area (Å²) in [6.07, 6.45) is 5.15. The Morgan fingerprint density at radius 1 is 0.840 bits per heavy atom. The van der Waals surface area contributed by atoms with Crippen molar-refractivity contribution >= 4 is 0 Å². The third-order valence-corrected chi connectivity index (χ3v) is 4.29. The third kappa shape index (κ3) is 5.55. The van der Waals surface area contributed by atoms with Gasteiger partial charge in [0.25, 0.3) is 0 Å². The molecule has 0 aliphatic rings. The van der Waals surface area contributed by atoms with Gasteiger partial charge in [-0.25, -0.2) is 0 Å². The smallest absolute Gasteiger partial charge is 0.0659 e. The second kappa shape index (κ2) is 9.16. The van der Waals surface area contributed by atoms with Gasteiger partial charge in [-0.05, 0) is 17.5 Å². The number of benzene rings is 2. The molecule has 0 radical (unpaired) electrons. The standard InChI is InChI=1S/C21H26N4/c22-12-14-24(13-11-19-7-3-1-4-8-19)16-21-15-23-25(18-21)17-20-9-5-2-6-10-20/h1-10,15,18H,11-14,16-17,22H2. The molecule has 3 aromatic rings. The molecule has 0 bridgehead atoms. The monoisotopic (exact) mass is 334 g/mol. The van der Waals surface area contributed by atoms with Crippen molar-refractivity contribution in [3.05, 3.63) is 89.7 Å². The van der Waals surface area contributed by atoms with Crippen LogP contribution < -0.4 is 5.73 Å². The van der Waals surface area contributed by atoms with Crippen molar-refractivity contribution in [1.82, 2.24) is 14.7 Å². The number of aromatic nitrogens is 2. The van der Waals surface area contributed by atoms with E-state index in [1.807, 2.05) is 16.9 Å². The minimum absolute atomic E-state index is 0.674. The van der Waals surface area contributed by atoms with Crippen LogP contribution in [0.1, 0.15) is 16.7 Å². The van der Waals surface area contributed by atoms with Crippen LogP contribution in [0.5, 0.6) is 0 Å². The first-order valence-electron chi connectivity index (χ1n) is 8.85. The van der Waals surface area contributed by atoms with Gasteiger partial charge in [-0.15, -0.1) is 0 Å². The summed E-state index contributed by atoms with van der Waals surface area (Å²) in [5, 5.41) is 4.50. The summed E-state index contributed by atoms with van der Waals surface area (Å²) in [5.41, 5.74) is 9.66. The molecular weight excluding hydrogens is 308 g/mol. The Hall–Kier alpha value is -2.43. The maximum atomic E-state index is 5.80. The summed E-state index contributed by atoms with van der Waals surface area (Å²) >= 11 is 0. The van der Waals surface area contributed by atoms with Gasteiger partial charge in [0, 0.05) is 37.9 Å². The summed E-state index contributed by atoms with van der Waals surface area (Å²) in [6.45, 7) is 4.27. The molecule has 0 atom stereocenters. The van der Waals surface area contributed by atoms with Crippen molar-refractivity contribution in [2.24, 2.45) is 5.73 Å². The Morgan fingerprint density at radius 3 is 2.20 bits per heavy atom. The zero-order valence-electron chi connectivity index (χ0n) is 14.6. The van der Waals surface area contributed by atoms with E-state index in [-0.39, 0.29) is 0 Å². The van der Waals surface area contributed by atoms with Crippen LogP contribution in [0, 0.1) is 0 Å². The molecule has 1 aromatic heterocycles. The normalized spacial score (nSPS) is 11.1. The molecule has 130 valence electrons. The average Bonchev–Trinajstić information content (AvgIpc) is 3.08. The summed E-state index contributed by atoms with van der Waals surface area (Å²) in [6, 6.07) is 21.0. The van der Waals surface area contributed by atoms with Crippen LogP contribution >= 0.6 is 0 Å². The van der Waals surface area contributed by atoms with Crippen molar-refractivity contribution in [3.63, 3.8) is 0 Å². The van der Waals surface area contributed by atoms with Gasteiger partial charge >= 0.3 is 0 Å². The fourth-order valence-electron chi connectivity index (χ4n) is 2.99. The Kier molecular flexibility index (Phi) is 6.37. The number of nitrogens with zero attached hydrogens (tertiary/aromatic N) is 3. The highest BCUT2D eigenvalue weighted by atomic mass is 15.3. The number of hydrogen-bond acceptors (Lipinski definition) is 3. The topological polar surface area (TPSA) is 47.1 Å². The third-order valence-electron chi connectivity index (χ3n) is 4.29.